The summed E-state index contributed by atoms with van der Waals surface area (Å²) in [5, 5.41) is 14.3. The van der Waals surface area contributed by atoms with E-state index in [1.807, 2.05) is 37.3 Å². The molecule has 0 amide bonds. The van der Waals surface area contributed by atoms with Crippen LogP contribution >= 0.6 is 0 Å². The number of halogens is 4. The third kappa shape index (κ3) is 5.11. The molecule has 4 rings (SSSR count). The van der Waals surface area contributed by atoms with Crippen LogP contribution in [0.4, 0.5) is 23.2 Å². The number of ether oxygens (including phenoxy) is 1. The molecule has 1 atom stereocenters. The van der Waals surface area contributed by atoms with Gasteiger partial charge in [0.05, 0.1) is 11.4 Å². The minimum absolute atomic E-state index is 0.165. The average Bonchev–Trinajstić information content (AvgIpc) is 3.10. The predicted molar refractivity (Wildman–Crippen MR) is 118 cm³/mol. The van der Waals surface area contributed by atoms with Crippen LogP contribution in [0.25, 0.3) is 16.9 Å². The summed E-state index contributed by atoms with van der Waals surface area (Å²) in [7, 11) is 0. The zero-order chi connectivity index (χ0) is 23.6. The maximum atomic E-state index is 13.5. The summed E-state index contributed by atoms with van der Waals surface area (Å²) >= 11 is 0. The van der Waals surface area contributed by atoms with Gasteiger partial charge in [-0.05, 0) is 55.0 Å². The molecule has 0 saturated heterocycles. The van der Waals surface area contributed by atoms with Crippen molar-refractivity contribution in [3.05, 3.63) is 96.3 Å². The predicted octanol–water partition coefficient (Wildman–Crippen LogP) is 7.06. The molecule has 0 saturated carbocycles. The lowest BCUT2D eigenvalue weighted by molar-refractivity contribution is -0.274. The van der Waals surface area contributed by atoms with Crippen molar-refractivity contribution in [3.8, 4) is 28.6 Å². The monoisotopic (exact) mass is 456 g/mol. The van der Waals surface area contributed by atoms with Crippen molar-refractivity contribution in [1.82, 2.24) is 4.57 Å². The second kappa shape index (κ2) is 8.90. The Labute approximate surface area is 187 Å². The van der Waals surface area contributed by atoms with Gasteiger partial charge in [-0.1, -0.05) is 42.5 Å². The van der Waals surface area contributed by atoms with Crippen molar-refractivity contribution >= 4 is 5.69 Å². The Morgan fingerprint density at radius 2 is 1.61 bits per heavy atom. The van der Waals surface area contributed by atoms with E-state index >= 15 is 0 Å². The molecule has 0 aliphatic rings. The lowest BCUT2D eigenvalue weighted by atomic mass is 10.1. The zero-order valence-electron chi connectivity index (χ0n) is 17.5. The van der Waals surface area contributed by atoms with Gasteiger partial charge in [0.2, 0.25) is 5.88 Å². The van der Waals surface area contributed by atoms with Crippen molar-refractivity contribution < 1.29 is 27.4 Å². The summed E-state index contributed by atoms with van der Waals surface area (Å²) < 4.78 is 57.1. The lowest BCUT2D eigenvalue weighted by Gasteiger charge is -2.15. The number of nitrogens with one attached hydrogen (secondary N) is 1. The lowest BCUT2D eigenvalue weighted by Crippen LogP contribution is -2.17. The molecule has 0 unspecified atom stereocenters. The van der Waals surface area contributed by atoms with Crippen LogP contribution in [0.1, 0.15) is 18.5 Å². The highest BCUT2D eigenvalue weighted by Gasteiger charge is 2.31. The molecule has 2 N–H and O–H groups in total. The number of hydrogen-bond acceptors (Lipinski definition) is 3. The first-order valence-electron chi connectivity index (χ1n) is 10.1. The number of anilines is 1. The Bertz CT molecular complexity index is 1240. The van der Waals surface area contributed by atoms with Gasteiger partial charge in [0.15, 0.2) is 0 Å². The molecule has 4 nitrogen and oxygen atoms in total. The van der Waals surface area contributed by atoms with Crippen LogP contribution in [0.3, 0.4) is 0 Å². The number of aromatic hydroxyl groups is 1. The SMILES string of the molecule is C[C@@H](Nc1cc(-c2cccc(OC(F)(F)F)c2)n(-c2ccc(F)cc2)c1O)c1ccccc1. The highest BCUT2D eigenvalue weighted by atomic mass is 19.4. The first-order valence-corrected chi connectivity index (χ1v) is 10.1. The van der Waals surface area contributed by atoms with Crippen LogP contribution in [-0.2, 0) is 0 Å². The quantitative estimate of drug-likeness (QED) is 0.305. The maximum Gasteiger partial charge on any atom is 0.573 e. The molecule has 0 bridgehead atoms. The molecule has 4 aromatic rings. The fraction of sp³-hybridized carbons (Fsp3) is 0.120. The zero-order valence-corrected chi connectivity index (χ0v) is 17.5. The molecule has 170 valence electrons. The maximum absolute atomic E-state index is 13.5. The molecule has 0 radical (unpaired) electrons. The van der Waals surface area contributed by atoms with E-state index in [0.29, 0.717) is 22.6 Å². The van der Waals surface area contributed by atoms with E-state index in [9.17, 15) is 22.7 Å². The third-order valence-electron chi connectivity index (χ3n) is 5.09. The Balaban J connectivity index is 1.79. The molecule has 0 aliphatic heterocycles. The van der Waals surface area contributed by atoms with Crippen LogP contribution in [0.2, 0.25) is 0 Å². The van der Waals surface area contributed by atoms with Gasteiger partial charge in [0.1, 0.15) is 11.6 Å². The molecule has 3 aromatic carbocycles. The van der Waals surface area contributed by atoms with Crippen molar-refractivity contribution in [2.45, 2.75) is 19.3 Å². The summed E-state index contributed by atoms with van der Waals surface area (Å²) in [4.78, 5) is 0. The third-order valence-corrected chi connectivity index (χ3v) is 5.09. The van der Waals surface area contributed by atoms with Gasteiger partial charge in [0.25, 0.3) is 0 Å². The molecular formula is C25H20F4N2O2. The first kappa shape index (κ1) is 22.3. The number of nitrogens with zero attached hydrogens (tertiary/aromatic N) is 1. The highest BCUT2D eigenvalue weighted by molar-refractivity contribution is 5.74. The van der Waals surface area contributed by atoms with Gasteiger partial charge in [-0.25, -0.2) is 4.39 Å². The smallest absolute Gasteiger partial charge is 0.493 e. The minimum Gasteiger partial charge on any atom is -0.493 e. The van der Waals surface area contributed by atoms with Gasteiger partial charge in [-0.2, -0.15) is 0 Å². The number of benzene rings is 3. The van der Waals surface area contributed by atoms with Crippen LogP contribution in [0, 0.1) is 5.82 Å². The molecule has 33 heavy (non-hydrogen) atoms. The van der Waals surface area contributed by atoms with Crippen molar-refractivity contribution in [1.29, 1.82) is 0 Å². The highest BCUT2D eigenvalue weighted by Crippen LogP contribution is 2.40. The van der Waals surface area contributed by atoms with Crippen molar-refractivity contribution in [3.63, 3.8) is 0 Å². The normalized spacial score (nSPS) is 12.4. The minimum atomic E-state index is -4.84. The van der Waals surface area contributed by atoms with Gasteiger partial charge < -0.3 is 15.2 Å². The van der Waals surface area contributed by atoms with E-state index in [0.717, 1.165) is 5.56 Å². The van der Waals surface area contributed by atoms with Gasteiger partial charge in [-0.3, -0.25) is 4.57 Å². The van der Waals surface area contributed by atoms with Gasteiger partial charge in [-0.15, -0.1) is 13.2 Å². The molecule has 0 spiro atoms. The molecule has 1 heterocycles. The van der Waals surface area contributed by atoms with E-state index in [2.05, 4.69) is 10.1 Å². The van der Waals surface area contributed by atoms with Crippen LogP contribution in [-0.4, -0.2) is 16.0 Å². The summed E-state index contributed by atoms with van der Waals surface area (Å²) in [6, 6.07) is 21.9. The molecule has 1 aromatic heterocycles. The van der Waals surface area contributed by atoms with Crippen LogP contribution < -0.4 is 10.1 Å². The standard InChI is InChI=1S/C25H20F4N2O2/c1-16(17-6-3-2-4-7-17)30-22-15-23(18-8-5-9-21(14-18)33-25(27,28)29)31(24(22)32)20-12-10-19(26)11-13-20/h2-16,30,32H,1H3/t16-/m1/s1. The Kier molecular flexibility index (Phi) is 6.00. The number of hydrogen-bond donors (Lipinski definition) is 2. The Morgan fingerprint density at radius 1 is 0.909 bits per heavy atom. The molecule has 0 fully saturated rings. The van der Waals surface area contributed by atoms with Gasteiger partial charge >= 0.3 is 6.36 Å². The fourth-order valence-corrected chi connectivity index (χ4v) is 3.58. The molecule has 8 heteroatoms. The average molecular weight is 456 g/mol. The van der Waals surface area contributed by atoms with Crippen LogP contribution in [0.5, 0.6) is 11.6 Å². The van der Waals surface area contributed by atoms with E-state index < -0.39 is 17.9 Å². The summed E-state index contributed by atoms with van der Waals surface area (Å²) in [5.41, 5.74) is 2.55. The Hall–Kier alpha value is -3.94. The van der Waals surface area contributed by atoms with E-state index in [1.54, 1.807) is 12.1 Å². The number of rotatable bonds is 6. The molecule has 0 aliphatic carbocycles. The van der Waals surface area contributed by atoms with E-state index in [4.69, 9.17) is 0 Å². The second-order valence-corrected chi connectivity index (χ2v) is 7.43. The second-order valence-electron chi connectivity index (χ2n) is 7.43. The van der Waals surface area contributed by atoms with E-state index in [1.165, 1.54) is 47.0 Å². The van der Waals surface area contributed by atoms with Crippen LogP contribution in [0.15, 0.2) is 84.9 Å². The molecular weight excluding hydrogens is 436 g/mol. The van der Waals surface area contributed by atoms with Gasteiger partial charge in [0, 0.05) is 17.3 Å². The summed E-state index contributed by atoms with van der Waals surface area (Å²) in [6.07, 6.45) is -4.84. The van der Waals surface area contributed by atoms with E-state index in [-0.39, 0.29) is 11.9 Å². The summed E-state index contributed by atoms with van der Waals surface area (Å²) in [5.74, 6) is -1.01. The van der Waals surface area contributed by atoms with Crippen molar-refractivity contribution in [2.75, 3.05) is 5.32 Å². The summed E-state index contributed by atoms with van der Waals surface area (Å²) in [6.45, 7) is 1.92. The number of aromatic nitrogens is 1. The fourth-order valence-electron chi connectivity index (χ4n) is 3.58. The largest absolute Gasteiger partial charge is 0.573 e. The number of alkyl halides is 3. The van der Waals surface area contributed by atoms with Crippen molar-refractivity contribution in [2.24, 2.45) is 0 Å². The topological polar surface area (TPSA) is 46.4 Å². The first-order chi connectivity index (χ1) is 15.7. The Morgan fingerprint density at radius 3 is 2.27 bits per heavy atom.